The number of ether oxygens (including phenoxy) is 1. The molecule has 0 unspecified atom stereocenters. The van der Waals surface area contributed by atoms with Gasteiger partial charge < -0.3 is 105 Å². The molecule has 0 saturated carbocycles. The zero-order valence-corrected chi connectivity index (χ0v) is 61.1. The van der Waals surface area contributed by atoms with Gasteiger partial charge in [-0.2, -0.15) is 0 Å². The Hall–Kier alpha value is -11.3. The van der Waals surface area contributed by atoms with Crippen LogP contribution in [0.1, 0.15) is 101 Å². The smallest absolute Gasteiger partial charge is 0.305 e. The molecule has 0 radical (unpaired) electrons. The molecule has 0 bridgehead atoms. The number of carbonyl (C=O) groups is 13. The van der Waals surface area contributed by atoms with Gasteiger partial charge in [-0.1, -0.05) is 86.6 Å². The normalized spacial score (nSPS) is 17.9. The highest BCUT2D eigenvalue weighted by Gasteiger charge is 2.44. The summed E-state index contributed by atoms with van der Waals surface area (Å²) in [5.41, 5.74) is 27.1. The van der Waals surface area contributed by atoms with Crippen LogP contribution in [0.25, 0.3) is 11.1 Å². The molecule has 34 heteroatoms. The molecule has 3 aliphatic heterocycles. The number of benzene rings is 4. The van der Waals surface area contributed by atoms with E-state index < -0.39 is 175 Å². The number of aliphatic hydroxyl groups is 2. The van der Waals surface area contributed by atoms with Gasteiger partial charge in [0.25, 0.3) is 0 Å². The first-order valence-electron chi connectivity index (χ1n) is 35.9. The van der Waals surface area contributed by atoms with E-state index in [4.69, 9.17) is 27.7 Å². The number of aliphatic imine (C=N–C) groups is 1. The summed E-state index contributed by atoms with van der Waals surface area (Å²) in [6.07, 6.45) is 0.349. The highest BCUT2D eigenvalue weighted by atomic mass is 16.5. The number of carboxylic acid groups (broad SMARTS) is 1. The van der Waals surface area contributed by atoms with Gasteiger partial charge in [0.15, 0.2) is 5.96 Å². The number of guanidine groups is 1. The molecule has 3 saturated heterocycles. The second-order valence-corrected chi connectivity index (χ2v) is 27.5. The van der Waals surface area contributed by atoms with Gasteiger partial charge >= 0.3 is 5.97 Å². The lowest BCUT2D eigenvalue weighted by molar-refractivity contribution is -0.145. The van der Waals surface area contributed by atoms with Crippen molar-refractivity contribution in [2.24, 2.45) is 33.8 Å². The van der Waals surface area contributed by atoms with E-state index in [0.717, 1.165) is 21.6 Å². The van der Waals surface area contributed by atoms with Crippen LogP contribution in [0.4, 0.5) is 0 Å². The third-order valence-corrected chi connectivity index (χ3v) is 19.1. The molecule has 7 rings (SSSR count). The maximum atomic E-state index is 15.0. The van der Waals surface area contributed by atoms with Crippen molar-refractivity contribution in [1.29, 1.82) is 0 Å². The number of rotatable bonds is 37. The van der Waals surface area contributed by atoms with Crippen molar-refractivity contribution in [2.75, 3.05) is 46.5 Å². The van der Waals surface area contributed by atoms with Crippen LogP contribution in [-0.4, -0.2) is 237 Å². The fourth-order valence-corrected chi connectivity index (χ4v) is 13.2. The van der Waals surface area contributed by atoms with Crippen molar-refractivity contribution in [3.63, 3.8) is 0 Å². The Morgan fingerprint density at radius 1 is 0.537 bits per heavy atom. The number of likely N-dealkylation sites (tertiary alicyclic amines) is 3. The van der Waals surface area contributed by atoms with E-state index in [9.17, 15) is 82.8 Å². The first-order chi connectivity index (χ1) is 51.4. The van der Waals surface area contributed by atoms with Gasteiger partial charge in [0, 0.05) is 39.0 Å². The topological polar surface area (TPSA) is 534 Å². The Balaban J connectivity index is 1.03. The number of hydrogen-bond acceptors (Lipinski definition) is 19. The van der Waals surface area contributed by atoms with Crippen LogP contribution in [0.5, 0.6) is 11.5 Å². The number of nitrogens with two attached hydrogens (primary N) is 4. The molecule has 584 valence electrons. The quantitative estimate of drug-likeness (QED) is 0.0124. The van der Waals surface area contributed by atoms with Crippen LogP contribution >= 0.6 is 0 Å². The number of hydrogen-bond donors (Lipinski definition) is 16. The van der Waals surface area contributed by atoms with Gasteiger partial charge in [0.2, 0.25) is 70.9 Å². The monoisotopic (exact) mass is 1500 g/mol. The van der Waals surface area contributed by atoms with Crippen LogP contribution in [0, 0.1) is 12.8 Å². The molecule has 3 heterocycles. The molecule has 4 aromatic carbocycles. The molecule has 12 amide bonds. The average molecular weight is 1500 g/mol. The minimum Gasteiger partial charge on any atom is -0.508 e. The minimum absolute atomic E-state index is 0.00431. The van der Waals surface area contributed by atoms with Crippen LogP contribution < -0.4 is 70.2 Å². The second kappa shape index (κ2) is 39.9. The number of aryl methyl sites for hydroxylation is 1. The van der Waals surface area contributed by atoms with Gasteiger partial charge in [-0.05, 0) is 135 Å². The Kier molecular flexibility index (Phi) is 31.0. The van der Waals surface area contributed by atoms with E-state index in [2.05, 4.69) is 47.5 Å². The van der Waals surface area contributed by atoms with E-state index >= 15 is 0 Å². The van der Waals surface area contributed by atoms with Crippen LogP contribution in [0.3, 0.4) is 0 Å². The number of aliphatic hydroxyl groups excluding tert-OH is 2. The number of phenolic OH excluding ortho intramolecular Hbond substituents is 1. The van der Waals surface area contributed by atoms with Crippen LogP contribution in [0.15, 0.2) is 102 Å². The molecular formula is C74H100N16O18. The van der Waals surface area contributed by atoms with E-state index in [1.807, 2.05) is 19.1 Å². The Labute approximate surface area is 624 Å². The third-order valence-electron chi connectivity index (χ3n) is 19.1. The second-order valence-electron chi connectivity index (χ2n) is 27.5. The maximum absolute atomic E-state index is 15.0. The van der Waals surface area contributed by atoms with Crippen LogP contribution in [0.2, 0.25) is 0 Å². The highest BCUT2D eigenvalue weighted by Crippen LogP contribution is 2.29. The Morgan fingerprint density at radius 2 is 1.02 bits per heavy atom. The van der Waals surface area contributed by atoms with Crippen molar-refractivity contribution in [3.8, 4) is 22.6 Å². The molecule has 108 heavy (non-hydrogen) atoms. The summed E-state index contributed by atoms with van der Waals surface area (Å²) in [6, 6.07) is 10.2. The predicted molar refractivity (Wildman–Crippen MR) is 392 cm³/mol. The fourth-order valence-electron chi connectivity index (χ4n) is 13.2. The molecular weight excluding hydrogens is 1400 g/mol. The largest absolute Gasteiger partial charge is 0.508 e. The third kappa shape index (κ3) is 23.4. The number of primary amides is 1. The number of carboxylic acids is 1. The Bertz CT molecular complexity index is 3900. The average Bonchev–Trinajstić information content (AvgIpc) is 1.57. The van der Waals surface area contributed by atoms with E-state index in [1.54, 1.807) is 93.8 Å². The highest BCUT2D eigenvalue weighted by molar-refractivity contribution is 6.00. The number of aromatic hydroxyl groups is 1. The van der Waals surface area contributed by atoms with Crippen molar-refractivity contribution >= 4 is 82.8 Å². The number of phenols is 1. The van der Waals surface area contributed by atoms with Crippen molar-refractivity contribution in [3.05, 3.63) is 119 Å². The maximum Gasteiger partial charge on any atom is 0.305 e. The summed E-state index contributed by atoms with van der Waals surface area (Å²) in [4.78, 5) is 189. The zero-order chi connectivity index (χ0) is 79.1. The lowest BCUT2D eigenvalue weighted by Crippen LogP contribution is -2.62. The predicted octanol–water partition coefficient (Wildman–Crippen LogP) is -2.74. The van der Waals surface area contributed by atoms with Crippen molar-refractivity contribution in [1.82, 2.24) is 57.2 Å². The van der Waals surface area contributed by atoms with E-state index in [0.29, 0.717) is 41.7 Å². The van der Waals surface area contributed by atoms with E-state index in [-0.39, 0.29) is 89.3 Å². The lowest BCUT2D eigenvalue weighted by atomic mass is 9.97. The number of methoxy groups -OCH3 is 1. The zero-order valence-electron chi connectivity index (χ0n) is 61.1. The lowest BCUT2D eigenvalue weighted by Gasteiger charge is -2.32. The number of aliphatic carboxylic acids is 1. The summed E-state index contributed by atoms with van der Waals surface area (Å²) < 4.78 is 5.37. The minimum atomic E-state index is -1.95. The molecule has 3 aliphatic rings. The number of amides is 12. The summed E-state index contributed by atoms with van der Waals surface area (Å²) in [5.74, 6) is -12.3. The standard InChI is InChI=1S/C74H100N16O18/c1-40(2)61(73(107)90-32-12-18-59(90)70(104)82-52(35-43-13-7-6-8-14-43)65(99)81-51(15-9-29-79-74(77)78)71(105)88-30-10-16-57(88)62(76)96)87-68(102)56(39-92)86-66(100)53(37-60(94)95)83-69(103)58-17-11-31-89(58)72(106)54(36-45-19-23-46(24-20-45)49-28-27-48(108-5)33-41(49)3)84-63(97)42(4)80-67(101)55(38-91)85-64(98)50(75)34-44-21-25-47(93)26-22-44/h6-8,13-14,19-28,33,40,42,50-59,61,91-93H,9-12,15-18,29-32,34-39,75H2,1-5H3,(H2,76,96)(H,80,101)(H,81,99)(H,82,104)(H,83,103)(H,84,97)(H,85,98)(H,86,100)(H,87,102)(H,94,95)(H4,77,78,79)/t42-,50-,51-,52-,53-,54-,55-,56-,57-,58-,59-,61-/m0/s1. The number of nitrogens with one attached hydrogen (secondary N) is 8. The summed E-state index contributed by atoms with van der Waals surface area (Å²) in [5, 5.41) is 60.8. The van der Waals surface area contributed by atoms with Crippen LogP contribution in [-0.2, 0) is 81.6 Å². The Morgan fingerprint density at radius 3 is 1.57 bits per heavy atom. The van der Waals surface area contributed by atoms with Gasteiger partial charge in [-0.15, -0.1) is 0 Å². The molecule has 20 N–H and O–H groups in total. The molecule has 0 spiro atoms. The summed E-state index contributed by atoms with van der Waals surface area (Å²) in [7, 11) is 1.55. The molecule has 4 aromatic rings. The number of nitrogens with zero attached hydrogens (tertiary/aromatic N) is 4. The molecule has 3 fully saturated rings. The molecule has 12 atom stereocenters. The summed E-state index contributed by atoms with van der Waals surface area (Å²) in [6.45, 7) is 4.58. The first kappa shape index (κ1) is 84.0. The molecule has 0 aliphatic carbocycles. The van der Waals surface area contributed by atoms with Gasteiger partial charge in [0.05, 0.1) is 32.8 Å². The summed E-state index contributed by atoms with van der Waals surface area (Å²) >= 11 is 0. The molecule has 34 nitrogen and oxygen atoms in total. The number of carbonyl (C=O) groups excluding carboxylic acids is 12. The fraction of sp³-hybridized carbons (Fsp3) is 0.486. The van der Waals surface area contributed by atoms with Crippen molar-refractivity contribution < 1.29 is 87.5 Å². The van der Waals surface area contributed by atoms with Gasteiger partial charge in [-0.25, -0.2) is 0 Å². The first-order valence-corrected chi connectivity index (χ1v) is 35.9. The SMILES string of the molecule is COc1ccc(-c2ccc(C[C@H](NC(=O)[C@H](C)NC(=O)[C@H](CO)NC(=O)[C@@H](N)Cc3ccc(O)cc3)C(=O)N3CCC[C@H]3C(=O)N[C@@H](CC(=O)O)C(=O)N[C@@H](CO)C(=O)N[C@H](C(=O)N3CCC[C@H]3C(=O)N[C@@H](Cc3ccccc3)C(=O)N[C@@H](CCCN=C(N)N)C(=O)N3CCC[C@H]3C(N)=O)C(C)C)cc2)c(C)c1. The van der Waals surface area contributed by atoms with Crippen molar-refractivity contribution in [2.45, 2.75) is 177 Å². The molecule has 0 aromatic heterocycles. The van der Waals surface area contributed by atoms with E-state index in [1.165, 1.54) is 28.9 Å². The van der Waals surface area contributed by atoms with Gasteiger partial charge in [-0.3, -0.25) is 67.3 Å². The van der Waals surface area contributed by atoms with Gasteiger partial charge in [0.1, 0.15) is 78.0 Å².